The molecule has 2 rings (SSSR count). The van der Waals surface area contributed by atoms with Crippen LogP contribution in [-0.2, 0) is 4.79 Å². The Labute approximate surface area is 74.1 Å². The Morgan fingerprint density at radius 1 is 1.83 bits per heavy atom. The third-order valence-electron chi connectivity index (χ3n) is 2.12. The molecular weight excluding hydrogens is 174 g/mol. The Kier molecular flexibility index (Phi) is 1.65. The van der Waals surface area contributed by atoms with Gasteiger partial charge in [-0.05, 0) is 13.3 Å². The SMILES string of the molecule is Cc1nc([C@@H]2C[C@H]2C(=O)O)cs1. The molecule has 0 spiro atoms. The number of nitrogens with zero attached hydrogens (tertiary/aromatic N) is 1. The summed E-state index contributed by atoms with van der Waals surface area (Å²) >= 11 is 1.58. The lowest BCUT2D eigenvalue weighted by atomic mass is 10.2. The van der Waals surface area contributed by atoms with E-state index in [0.717, 1.165) is 17.1 Å². The maximum absolute atomic E-state index is 10.5. The molecular formula is C8H9NO2S. The molecule has 2 atom stereocenters. The third kappa shape index (κ3) is 1.22. The quantitative estimate of drug-likeness (QED) is 0.758. The average Bonchev–Trinajstić information content (AvgIpc) is 2.70. The van der Waals surface area contributed by atoms with Crippen LogP contribution in [0.25, 0.3) is 0 Å². The van der Waals surface area contributed by atoms with Gasteiger partial charge in [-0.15, -0.1) is 11.3 Å². The molecule has 1 aromatic heterocycles. The fourth-order valence-electron chi connectivity index (χ4n) is 1.35. The van der Waals surface area contributed by atoms with Crippen molar-refractivity contribution in [2.75, 3.05) is 0 Å². The van der Waals surface area contributed by atoms with E-state index >= 15 is 0 Å². The summed E-state index contributed by atoms with van der Waals surface area (Å²) in [5.74, 6) is -0.676. The number of aromatic nitrogens is 1. The monoisotopic (exact) mass is 183 g/mol. The molecule has 1 saturated carbocycles. The van der Waals surface area contributed by atoms with Crippen molar-refractivity contribution in [2.24, 2.45) is 5.92 Å². The number of thiazole rings is 1. The molecule has 1 aromatic rings. The number of carboxylic acids is 1. The van der Waals surface area contributed by atoms with Gasteiger partial charge in [-0.1, -0.05) is 0 Å². The highest BCUT2D eigenvalue weighted by Crippen LogP contribution is 2.47. The minimum absolute atomic E-state index is 0.175. The molecule has 4 heteroatoms. The number of carboxylic acid groups (broad SMARTS) is 1. The second kappa shape index (κ2) is 2.55. The van der Waals surface area contributed by atoms with E-state index < -0.39 is 5.97 Å². The summed E-state index contributed by atoms with van der Waals surface area (Å²) in [6.07, 6.45) is 0.762. The summed E-state index contributed by atoms with van der Waals surface area (Å²) in [7, 11) is 0. The highest BCUT2D eigenvalue weighted by molar-refractivity contribution is 7.09. The van der Waals surface area contributed by atoms with Crippen LogP contribution in [-0.4, -0.2) is 16.1 Å². The Hall–Kier alpha value is -0.900. The number of aryl methyl sites for hydroxylation is 1. The van der Waals surface area contributed by atoms with Gasteiger partial charge in [-0.2, -0.15) is 0 Å². The molecule has 64 valence electrons. The molecule has 0 aliphatic heterocycles. The van der Waals surface area contributed by atoms with E-state index in [1.807, 2.05) is 12.3 Å². The molecule has 0 aromatic carbocycles. The van der Waals surface area contributed by atoms with Crippen molar-refractivity contribution in [2.45, 2.75) is 19.3 Å². The molecule has 3 nitrogen and oxygen atoms in total. The molecule has 1 fully saturated rings. The lowest BCUT2D eigenvalue weighted by molar-refractivity contribution is -0.138. The Balaban J connectivity index is 2.10. The van der Waals surface area contributed by atoms with Gasteiger partial charge in [-0.3, -0.25) is 4.79 Å². The van der Waals surface area contributed by atoms with Crippen molar-refractivity contribution < 1.29 is 9.90 Å². The smallest absolute Gasteiger partial charge is 0.307 e. The fraction of sp³-hybridized carbons (Fsp3) is 0.500. The zero-order valence-corrected chi connectivity index (χ0v) is 7.47. The fourth-order valence-corrected chi connectivity index (χ4v) is 2.02. The zero-order chi connectivity index (χ0) is 8.72. The first-order valence-corrected chi connectivity index (χ1v) is 4.71. The van der Waals surface area contributed by atoms with Crippen molar-refractivity contribution in [1.29, 1.82) is 0 Å². The minimum atomic E-state index is -0.689. The van der Waals surface area contributed by atoms with Crippen molar-refractivity contribution in [3.8, 4) is 0 Å². The average molecular weight is 183 g/mol. The van der Waals surface area contributed by atoms with Gasteiger partial charge in [-0.25, -0.2) is 4.98 Å². The molecule has 1 aliphatic rings. The topological polar surface area (TPSA) is 50.2 Å². The number of aliphatic carboxylic acids is 1. The lowest BCUT2D eigenvalue weighted by Gasteiger charge is -1.88. The van der Waals surface area contributed by atoms with Crippen molar-refractivity contribution in [1.82, 2.24) is 4.98 Å². The Bertz CT molecular complexity index is 321. The van der Waals surface area contributed by atoms with Gasteiger partial charge in [0.25, 0.3) is 0 Å². The van der Waals surface area contributed by atoms with Crippen LogP contribution in [0.15, 0.2) is 5.38 Å². The Morgan fingerprint density at radius 3 is 3.00 bits per heavy atom. The van der Waals surface area contributed by atoms with Crippen LogP contribution < -0.4 is 0 Å². The predicted molar refractivity (Wildman–Crippen MR) is 45.3 cm³/mol. The van der Waals surface area contributed by atoms with E-state index in [-0.39, 0.29) is 11.8 Å². The second-order valence-corrected chi connectivity index (χ2v) is 4.14. The van der Waals surface area contributed by atoms with E-state index in [9.17, 15) is 4.79 Å². The molecule has 0 radical (unpaired) electrons. The molecule has 1 heterocycles. The number of carbonyl (C=O) groups is 1. The number of rotatable bonds is 2. The van der Waals surface area contributed by atoms with Gasteiger partial charge in [0, 0.05) is 11.3 Å². The van der Waals surface area contributed by atoms with Crippen molar-refractivity contribution >= 4 is 17.3 Å². The van der Waals surface area contributed by atoms with E-state index in [1.54, 1.807) is 11.3 Å². The lowest BCUT2D eigenvalue weighted by Crippen LogP contribution is -1.98. The maximum atomic E-state index is 10.5. The van der Waals surface area contributed by atoms with Crippen LogP contribution in [0, 0.1) is 12.8 Å². The first-order valence-electron chi connectivity index (χ1n) is 3.83. The van der Waals surface area contributed by atoms with Gasteiger partial charge in [0.15, 0.2) is 0 Å². The van der Waals surface area contributed by atoms with Crippen LogP contribution in [0.3, 0.4) is 0 Å². The molecule has 0 saturated heterocycles. The van der Waals surface area contributed by atoms with E-state index in [0.29, 0.717) is 0 Å². The Morgan fingerprint density at radius 2 is 2.58 bits per heavy atom. The summed E-state index contributed by atoms with van der Waals surface area (Å²) < 4.78 is 0. The summed E-state index contributed by atoms with van der Waals surface area (Å²) in [4.78, 5) is 14.8. The summed E-state index contributed by atoms with van der Waals surface area (Å²) in [5.41, 5.74) is 0.963. The van der Waals surface area contributed by atoms with Crippen LogP contribution in [0.5, 0.6) is 0 Å². The minimum Gasteiger partial charge on any atom is -0.481 e. The standard InChI is InChI=1S/C8H9NO2S/c1-4-9-7(3-12-4)5-2-6(5)8(10)11/h3,5-6H,2H2,1H3,(H,10,11)/t5-,6-/m1/s1. The molecule has 0 unspecified atom stereocenters. The molecule has 0 bridgehead atoms. The largest absolute Gasteiger partial charge is 0.481 e. The third-order valence-corrected chi connectivity index (χ3v) is 2.92. The van der Waals surface area contributed by atoms with Gasteiger partial charge in [0.1, 0.15) is 0 Å². The van der Waals surface area contributed by atoms with Crippen LogP contribution in [0.4, 0.5) is 0 Å². The predicted octanol–water partition coefficient (Wildman–Crippen LogP) is 1.64. The molecule has 1 aliphatic carbocycles. The number of hydrogen-bond donors (Lipinski definition) is 1. The van der Waals surface area contributed by atoms with Crippen LogP contribution in [0.1, 0.15) is 23.0 Å². The zero-order valence-electron chi connectivity index (χ0n) is 6.65. The highest BCUT2D eigenvalue weighted by atomic mass is 32.1. The maximum Gasteiger partial charge on any atom is 0.307 e. The summed E-state index contributed by atoms with van der Waals surface area (Å²) in [6, 6.07) is 0. The van der Waals surface area contributed by atoms with Gasteiger partial charge in [0.2, 0.25) is 0 Å². The van der Waals surface area contributed by atoms with Gasteiger partial charge in [0.05, 0.1) is 16.6 Å². The molecule has 0 amide bonds. The van der Waals surface area contributed by atoms with Crippen LogP contribution in [0.2, 0.25) is 0 Å². The molecule has 1 N–H and O–H groups in total. The van der Waals surface area contributed by atoms with E-state index in [1.165, 1.54) is 0 Å². The first-order chi connectivity index (χ1) is 5.68. The van der Waals surface area contributed by atoms with E-state index in [2.05, 4.69) is 4.98 Å². The van der Waals surface area contributed by atoms with Crippen LogP contribution >= 0.6 is 11.3 Å². The van der Waals surface area contributed by atoms with Crippen molar-refractivity contribution in [3.63, 3.8) is 0 Å². The van der Waals surface area contributed by atoms with E-state index in [4.69, 9.17) is 5.11 Å². The summed E-state index contributed by atoms with van der Waals surface area (Å²) in [5, 5.41) is 11.6. The van der Waals surface area contributed by atoms with Gasteiger partial charge >= 0.3 is 5.97 Å². The van der Waals surface area contributed by atoms with Gasteiger partial charge < -0.3 is 5.11 Å². The first kappa shape index (κ1) is 7.73. The van der Waals surface area contributed by atoms with Crippen molar-refractivity contribution in [3.05, 3.63) is 16.1 Å². The normalized spacial score (nSPS) is 27.1. The highest BCUT2D eigenvalue weighted by Gasteiger charge is 2.45. The molecule has 12 heavy (non-hydrogen) atoms. The number of hydrogen-bond acceptors (Lipinski definition) is 3. The summed E-state index contributed by atoms with van der Waals surface area (Å²) in [6.45, 7) is 1.94. The second-order valence-electron chi connectivity index (χ2n) is 3.08.